The van der Waals surface area contributed by atoms with Crippen molar-refractivity contribution in [2.45, 2.75) is 25.8 Å². The molecule has 1 aromatic carbocycles. The van der Waals surface area contributed by atoms with E-state index in [9.17, 15) is 14.9 Å². The summed E-state index contributed by atoms with van der Waals surface area (Å²) in [7, 11) is 3.02. The van der Waals surface area contributed by atoms with E-state index in [0.717, 1.165) is 10.4 Å². The van der Waals surface area contributed by atoms with Crippen LogP contribution in [0.15, 0.2) is 18.2 Å². The fourth-order valence-electron chi connectivity index (χ4n) is 3.18. The first kappa shape index (κ1) is 19.9. The van der Waals surface area contributed by atoms with E-state index in [0.29, 0.717) is 47.0 Å². The van der Waals surface area contributed by atoms with E-state index in [1.165, 1.54) is 25.6 Å². The molecule has 0 fully saturated rings. The quantitative estimate of drug-likeness (QED) is 0.774. The third-order valence-corrected chi connectivity index (χ3v) is 5.86. The van der Waals surface area contributed by atoms with Gasteiger partial charge in [0.2, 0.25) is 0 Å². The molecule has 8 heteroatoms. The van der Waals surface area contributed by atoms with E-state index in [1.54, 1.807) is 18.2 Å². The molecular formula is C20H21N3O4S. The summed E-state index contributed by atoms with van der Waals surface area (Å²) in [6.07, 6.45) is 1.05. The molecule has 1 aromatic heterocycles. The summed E-state index contributed by atoms with van der Waals surface area (Å²) < 4.78 is 10.4. The maximum absolute atomic E-state index is 12.8. The molecule has 0 bridgehead atoms. The Hall–Kier alpha value is -2.89. The average molecular weight is 399 g/mol. The molecule has 0 spiro atoms. The minimum Gasteiger partial charge on any atom is -0.497 e. The number of fused-ring (bicyclic) bond motifs is 1. The Morgan fingerprint density at radius 3 is 2.54 bits per heavy atom. The molecule has 1 unspecified atom stereocenters. The molecule has 0 radical (unpaired) electrons. The van der Waals surface area contributed by atoms with Crippen LogP contribution >= 0.6 is 11.3 Å². The number of ether oxygens (including phenoxy) is 2. The SMILES string of the molecule is CCC(=O)C1NCCc2c1sc(NC(=O)c1cc(OC)cc(OC)c1)c2C#N. The third-order valence-electron chi connectivity index (χ3n) is 4.65. The lowest BCUT2D eigenvalue weighted by Crippen LogP contribution is -2.34. The summed E-state index contributed by atoms with van der Waals surface area (Å²) >= 11 is 1.28. The van der Waals surface area contributed by atoms with Crippen LogP contribution in [0.4, 0.5) is 5.00 Å². The zero-order valence-corrected chi connectivity index (χ0v) is 16.7. The highest BCUT2D eigenvalue weighted by molar-refractivity contribution is 7.17. The molecule has 0 aliphatic carbocycles. The number of nitrogens with zero attached hydrogens (tertiary/aromatic N) is 1. The molecule has 3 rings (SSSR count). The van der Waals surface area contributed by atoms with Gasteiger partial charge in [-0.3, -0.25) is 9.59 Å². The number of Topliss-reactive ketones (excluding diaryl/α,β-unsaturated/α-hetero) is 1. The molecule has 2 aromatic rings. The first-order valence-electron chi connectivity index (χ1n) is 8.88. The smallest absolute Gasteiger partial charge is 0.256 e. The Kier molecular flexibility index (Phi) is 5.97. The number of hydrogen-bond donors (Lipinski definition) is 2. The molecule has 7 nitrogen and oxygen atoms in total. The number of hydrogen-bond acceptors (Lipinski definition) is 7. The topological polar surface area (TPSA) is 100 Å². The summed E-state index contributed by atoms with van der Waals surface area (Å²) in [6.45, 7) is 2.44. The van der Waals surface area contributed by atoms with Crippen LogP contribution in [0.25, 0.3) is 0 Å². The Morgan fingerprint density at radius 1 is 1.29 bits per heavy atom. The molecule has 28 heavy (non-hydrogen) atoms. The molecule has 1 atom stereocenters. The summed E-state index contributed by atoms with van der Waals surface area (Å²) in [4.78, 5) is 25.9. The number of nitriles is 1. The van der Waals surface area contributed by atoms with Gasteiger partial charge < -0.3 is 20.1 Å². The molecular weight excluding hydrogens is 378 g/mol. The van der Waals surface area contributed by atoms with Crippen molar-refractivity contribution < 1.29 is 19.1 Å². The van der Waals surface area contributed by atoms with Gasteiger partial charge >= 0.3 is 0 Å². The highest BCUT2D eigenvalue weighted by Gasteiger charge is 2.31. The lowest BCUT2D eigenvalue weighted by Gasteiger charge is -2.22. The van der Waals surface area contributed by atoms with Gasteiger partial charge in [-0.15, -0.1) is 11.3 Å². The summed E-state index contributed by atoms with van der Waals surface area (Å²) in [6, 6.07) is 6.64. The molecule has 0 saturated heterocycles. The first-order chi connectivity index (χ1) is 13.5. The van der Waals surface area contributed by atoms with Gasteiger partial charge in [0, 0.05) is 29.5 Å². The Balaban J connectivity index is 1.95. The van der Waals surface area contributed by atoms with Crippen LogP contribution in [0.5, 0.6) is 11.5 Å². The number of thiophene rings is 1. The fraction of sp³-hybridized carbons (Fsp3) is 0.350. The van der Waals surface area contributed by atoms with Crippen molar-refractivity contribution in [2.75, 3.05) is 26.1 Å². The Morgan fingerprint density at radius 2 is 1.96 bits per heavy atom. The summed E-state index contributed by atoms with van der Waals surface area (Å²) in [5.74, 6) is 0.683. The standard InChI is InChI=1S/C20H21N3O4S/c1-4-16(24)17-18-14(5-6-22-17)15(10-21)20(28-18)23-19(25)11-7-12(26-2)9-13(8-11)27-3/h7-9,17,22H,4-6H2,1-3H3,(H,23,25). The largest absolute Gasteiger partial charge is 0.497 e. The summed E-state index contributed by atoms with van der Waals surface area (Å²) in [5, 5.41) is 16.1. The van der Waals surface area contributed by atoms with Crippen LogP contribution in [0, 0.1) is 11.3 Å². The van der Waals surface area contributed by atoms with Gasteiger partial charge in [0.15, 0.2) is 5.78 Å². The monoisotopic (exact) mass is 399 g/mol. The van der Waals surface area contributed by atoms with E-state index in [4.69, 9.17) is 9.47 Å². The van der Waals surface area contributed by atoms with Crippen molar-refractivity contribution in [2.24, 2.45) is 0 Å². The maximum Gasteiger partial charge on any atom is 0.256 e. The lowest BCUT2D eigenvalue weighted by molar-refractivity contribution is -0.120. The minimum atomic E-state index is -0.423. The van der Waals surface area contributed by atoms with E-state index < -0.39 is 6.04 Å². The second kappa shape index (κ2) is 8.42. The van der Waals surface area contributed by atoms with Crippen LogP contribution in [-0.4, -0.2) is 32.5 Å². The number of carbonyl (C=O) groups excluding carboxylic acids is 2. The van der Waals surface area contributed by atoms with E-state index >= 15 is 0 Å². The first-order valence-corrected chi connectivity index (χ1v) is 9.70. The molecule has 146 valence electrons. The van der Waals surface area contributed by atoms with Crippen molar-refractivity contribution >= 4 is 28.0 Å². The van der Waals surface area contributed by atoms with Gasteiger partial charge in [-0.25, -0.2) is 0 Å². The van der Waals surface area contributed by atoms with Gasteiger partial charge in [0.25, 0.3) is 5.91 Å². The predicted molar refractivity (Wildman–Crippen MR) is 106 cm³/mol. The number of nitrogens with one attached hydrogen (secondary N) is 2. The number of amides is 1. The number of ketones is 1. The highest BCUT2D eigenvalue weighted by atomic mass is 32.1. The normalized spacial score (nSPS) is 15.3. The zero-order valence-electron chi connectivity index (χ0n) is 15.9. The Bertz CT molecular complexity index is 939. The van der Waals surface area contributed by atoms with Crippen LogP contribution in [0.3, 0.4) is 0 Å². The van der Waals surface area contributed by atoms with Crippen molar-refractivity contribution in [1.82, 2.24) is 5.32 Å². The van der Waals surface area contributed by atoms with Crippen molar-refractivity contribution in [3.63, 3.8) is 0 Å². The molecule has 1 aliphatic heterocycles. The highest BCUT2D eigenvalue weighted by Crippen LogP contribution is 2.40. The van der Waals surface area contributed by atoms with E-state index in [2.05, 4.69) is 16.7 Å². The lowest BCUT2D eigenvalue weighted by atomic mass is 9.96. The third kappa shape index (κ3) is 3.72. The van der Waals surface area contributed by atoms with E-state index in [-0.39, 0.29) is 11.7 Å². The van der Waals surface area contributed by atoms with Crippen molar-refractivity contribution in [3.05, 3.63) is 39.8 Å². The Labute approximate surface area is 167 Å². The predicted octanol–water partition coefficient (Wildman–Crippen LogP) is 3.06. The molecule has 1 aliphatic rings. The maximum atomic E-state index is 12.8. The van der Waals surface area contributed by atoms with Gasteiger partial charge in [-0.1, -0.05) is 6.92 Å². The zero-order chi connectivity index (χ0) is 20.3. The van der Waals surface area contributed by atoms with Gasteiger partial charge in [-0.2, -0.15) is 5.26 Å². The van der Waals surface area contributed by atoms with Crippen LogP contribution in [0.2, 0.25) is 0 Å². The van der Waals surface area contributed by atoms with Crippen LogP contribution in [0.1, 0.15) is 45.7 Å². The molecule has 0 saturated carbocycles. The van der Waals surface area contributed by atoms with Gasteiger partial charge in [-0.05, 0) is 24.1 Å². The average Bonchev–Trinajstić information content (AvgIpc) is 3.09. The fourth-order valence-corrected chi connectivity index (χ4v) is 4.48. The number of methoxy groups -OCH3 is 2. The number of anilines is 1. The van der Waals surface area contributed by atoms with Crippen molar-refractivity contribution in [1.29, 1.82) is 5.26 Å². The second-order valence-electron chi connectivity index (χ2n) is 6.27. The number of rotatable bonds is 6. The van der Waals surface area contributed by atoms with Gasteiger partial charge in [0.1, 0.15) is 28.6 Å². The van der Waals surface area contributed by atoms with Crippen molar-refractivity contribution in [3.8, 4) is 17.6 Å². The number of benzene rings is 1. The second-order valence-corrected chi connectivity index (χ2v) is 7.33. The molecule has 2 heterocycles. The van der Waals surface area contributed by atoms with E-state index in [1.807, 2.05) is 6.92 Å². The molecule has 2 N–H and O–H groups in total. The number of carbonyl (C=O) groups is 2. The van der Waals surface area contributed by atoms with Crippen LogP contribution in [-0.2, 0) is 11.2 Å². The minimum absolute atomic E-state index is 0.0714. The molecule has 1 amide bonds. The van der Waals surface area contributed by atoms with Crippen LogP contribution < -0.4 is 20.1 Å². The summed E-state index contributed by atoms with van der Waals surface area (Å²) in [5.41, 5.74) is 1.63. The van der Waals surface area contributed by atoms with Gasteiger partial charge in [0.05, 0.1) is 19.8 Å².